The molecule has 1 aromatic rings. The number of methoxy groups -OCH3 is 1. The average molecular weight is 314 g/mol. The van der Waals surface area contributed by atoms with Crippen molar-refractivity contribution in [1.82, 2.24) is 0 Å². The number of ether oxygens (including phenoxy) is 2. The van der Waals surface area contributed by atoms with Crippen LogP contribution in [0.1, 0.15) is 31.4 Å². The lowest BCUT2D eigenvalue weighted by molar-refractivity contribution is -0.145. The minimum Gasteiger partial charge on any atom is -0.465 e. The minimum absolute atomic E-state index is 0.161. The number of halogens is 1. The first-order valence-corrected chi connectivity index (χ1v) is 7.12. The van der Waals surface area contributed by atoms with Gasteiger partial charge < -0.3 is 14.7 Å². The Morgan fingerprint density at radius 3 is 2.57 bits per heavy atom. The van der Waals surface area contributed by atoms with Gasteiger partial charge in [0.15, 0.2) is 0 Å². The number of oxime groups is 1. The van der Waals surface area contributed by atoms with Crippen molar-refractivity contribution < 1.29 is 19.5 Å². The zero-order chi connectivity index (χ0) is 15.7. The van der Waals surface area contributed by atoms with Crippen LogP contribution in [0.25, 0.3) is 0 Å². The molecule has 0 fully saturated rings. The fraction of sp³-hybridized carbons (Fsp3) is 0.467. The highest BCUT2D eigenvalue weighted by molar-refractivity contribution is 6.30. The number of hydrogen-bond acceptors (Lipinski definition) is 5. The van der Waals surface area contributed by atoms with Crippen LogP contribution >= 0.6 is 11.6 Å². The van der Waals surface area contributed by atoms with Crippen molar-refractivity contribution in [2.75, 3.05) is 13.7 Å². The first-order valence-electron chi connectivity index (χ1n) is 6.74. The van der Waals surface area contributed by atoms with Crippen LogP contribution in [0.2, 0.25) is 5.02 Å². The van der Waals surface area contributed by atoms with Gasteiger partial charge in [0.2, 0.25) is 0 Å². The Balaban J connectivity index is 2.67. The molecule has 1 N–H and O–H groups in total. The molecule has 0 aromatic heterocycles. The lowest BCUT2D eigenvalue weighted by atomic mass is 9.98. The fourth-order valence-electron chi connectivity index (χ4n) is 2.01. The summed E-state index contributed by atoms with van der Waals surface area (Å²) in [4.78, 5) is 11.7. The van der Waals surface area contributed by atoms with E-state index in [1.807, 2.05) is 12.1 Å². The zero-order valence-corrected chi connectivity index (χ0v) is 12.9. The molecule has 0 radical (unpaired) electrons. The molecule has 0 aliphatic rings. The van der Waals surface area contributed by atoms with Gasteiger partial charge in [-0.3, -0.25) is 4.79 Å². The number of benzene rings is 1. The van der Waals surface area contributed by atoms with Gasteiger partial charge in [-0.05, 0) is 37.5 Å². The Labute approximate surface area is 129 Å². The molecule has 21 heavy (non-hydrogen) atoms. The summed E-state index contributed by atoms with van der Waals surface area (Å²) in [5.41, 5.74) is 0.977. The summed E-state index contributed by atoms with van der Waals surface area (Å²) < 4.78 is 10.4. The molecule has 0 saturated heterocycles. The molecular formula is C15H20ClNO4. The topological polar surface area (TPSA) is 68.1 Å². The van der Waals surface area contributed by atoms with Gasteiger partial charge in [-0.1, -0.05) is 23.7 Å². The van der Waals surface area contributed by atoms with Gasteiger partial charge in [0.1, 0.15) is 0 Å². The van der Waals surface area contributed by atoms with E-state index >= 15 is 0 Å². The molecule has 0 aliphatic carbocycles. The maximum atomic E-state index is 11.7. The molecule has 1 rings (SSSR count). The molecule has 0 spiro atoms. The molecule has 1 aromatic carbocycles. The van der Waals surface area contributed by atoms with E-state index in [0.29, 0.717) is 24.5 Å². The summed E-state index contributed by atoms with van der Waals surface area (Å²) in [7, 11) is 1.61. The summed E-state index contributed by atoms with van der Waals surface area (Å²) in [6, 6.07) is 7.36. The van der Waals surface area contributed by atoms with Crippen molar-refractivity contribution in [3.05, 3.63) is 34.9 Å². The molecule has 0 amide bonds. The highest BCUT2D eigenvalue weighted by Gasteiger charge is 2.21. The van der Waals surface area contributed by atoms with E-state index in [2.05, 4.69) is 5.16 Å². The van der Waals surface area contributed by atoms with E-state index in [9.17, 15) is 4.79 Å². The SMILES string of the molecule is CCOC(=O)C(/C=N\O)CCC(OC)c1ccc(Cl)cc1. The van der Waals surface area contributed by atoms with Gasteiger partial charge in [0.05, 0.1) is 24.8 Å². The third kappa shape index (κ3) is 5.73. The molecular weight excluding hydrogens is 294 g/mol. The fourth-order valence-corrected chi connectivity index (χ4v) is 2.14. The van der Waals surface area contributed by atoms with E-state index in [1.54, 1.807) is 26.2 Å². The quantitative estimate of drug-likeness (QED) is 0.345. The smallest absolute Gasteiger partial charge is 0.314 e. The molecule has 0 saturated carbocycles. The molecule has 5 nitrogen and oxygen atoms in total. The lowest BCUT2D eigenvalue weighted by Gasteiger charge is -2.18. The second-order valence-electron chi connectivity index (χ2n) is 4.48. The molecule has 0 aliphatic heterocycles. The Kier molecular flexibility index (Phi) is 7.79. The summed E-state index contributed by atoms with van der Waals surface area (Å²) in [5.74, 6) is -0.985. The van der Waals surface area contributed by atoms with E-state index in [-0.39, 0.29) is 6.10 Å². The third-order valence-electron chi connectivity index (χ3n) is 3.10. The summed E-state index contributed by atoms with van der Waals surface area (Å²) >= 11 is 5.86. The number of nitrogens with zero attached hydrogens (tertiary/aromatic N) is 1. The molecule has 0 bridgehead atoms. The molecule has 6 heteroatoms. The maximum absolute atomic E-state index is 11.7. The van der Waals surface area contributed by atoms with Crippen LogP contribution in [0.3, 0.4) is 0 Å². The van der Waals surface area contributed by atoms with Crippen molar-refractivity contribution in [3.63, 3.8) is 0 Å². The number of carbonyl (C=O) groups excluding carboxylic acids is 1. The normalized spacial score (nSPS) is 14.0. The second kappa shape index (κ2) is 9.37. The largest absolute Gasteiger partial charge is 0.465 e. The first kappa shape index (κ1) is 17.5. The minimum atomic E-state index is -0.583. The number of rotatable bonds is 8. The van der Waals surface area contributed by atoms with Crippen LogP contribution in [-0.2, 0) is 14.3 Å². The second-order valence-corrected chi connectivity index (χ2v) is 4.91. The van der Waals surface area contributed by atoms with E-state index in [1.165, 1.54) is 6.21 Å². The average Bonchev–Trinajstić information content (AvgIpc) is 2.48. The van der Waals surface area contributed by atoms with Crippen molar-refractivity contribution in [2.24, 2.45) is 11.1 Å². The van der Waals surface area contributed by atoms with Crippen LogP contribution in [0.15, 0.2) is 29.4 Å². The third-order valence-corrected chi connectivity index (χ3v) is 3.35. The summed E-state index contributed by atoms with van der Waals surface area (Å²) in [6.07, 6.45) is 2.08. The van der Waals surface area contributed by atoms with E-state index in [0.717, 1.165) is 5.56 Å². The van der Waals surface area contributed by atoms with E-state index in [4.69, 9.17) is 26.3 Å². The van der Waals surface area contributed by atoms with Gasteiger partial charge in [-0.25, -0.2) is 0 Å². The Morgan fingerprint density at radius 1 is 1.38 bits per heavy atom. The molecule has 0 heterocycles. The zero-order valence-electron chi connectivity index (χ0n) is 12.2. The molecule has 2 atom stereocenters. The molecule has 116 valence electrons. The van der Waals surface area contributed by atoms with Crippen molar-refractivity contribution in [3.8, 4) is 0 Å². The van der Waals surface area contributed by atoms with Crippen LogP contribution < -0.4 is 0 Å². The van der Waals surface area contributed by atoms with Gasteiger partial charge in [0, 0.05) is 12.1 Å². The van der Waals surface area contributed by atoms with Crippen molar-refractivity contribution in [2.45, 2.75) is 25.9 Å². The van der Waals surface area contributed by atoms with Gasteiger partial charge >= 0.3 is 5.97 Å². The predicted molar refractivity (Wildman–Crippen MR) is 80.8 cm³/mol. The molecule has 2 unspecified atom stereocenters. The predicted octanol–water partition coefficient (Wildman–Crippen LogP) is 3.45. The monoisotopic (exact) mass is 313 g/mol. The highest BCUT2D eigenvalue weighted by atomic mass is 35.5. The van der Waals surface area contributed by atoms with Gasteiger partial charge in [-0.15, -0.1) is 5.16 Å². The number of esters is 1. The number of hydrogen-bond donors (Lipinski definition) is 1. The lowest BCUT2D eigenvalue weighted by Crippen LogP contribution is -2.20. The van der Waals surface area contributed by atoms with Crippen LogP contribution in [-0.4, -0.2) is 31.1 Å². The highest BCUT2D eigenvalue weighted by Crippen LogP contribution is 2.25. The maximum Gasteiger partial charge on any atom is 0.314 e. The summed E-state index contributed by atoms with van der Waals surface area (Å²) in [5, 5.41) is 12.2. The van der Waals surface area contributed by atoms with Crippen molar-refractivity contribution >= 4 is 23.8 Å². The van der Waals surface area contributed by atoms with Gasteiger partial charge in [-0.2, -0.15) is 0 Å². The van der Waals surface area contributed by atoms with Gasteiger partial charge in [0.25, 0.3) is 0 Å². The Morgan fingerprint density at radius 2 is 2.05 bits per heavy atom. The summed E-state index contributed by atoms with van der Waals surface area (Å²) in [6.45, 7) is 2.02. The standard InChI is InChI=1S/C15H20ClNO4/c1-3-21-15(18)12(10-17-19)6-9-14(20-2)11-4-7-13(16)8-5-11/h4-5,7-8,10,12,14,19H,3,6,9H2,1-2H3/b17-10-. The number of carbonyl (C=O) groups is 1. The first-order chi connectivity index (χ1) is 10.1. The van der Waals surface area contributed by atoms with Crippen LogP contribution in [0, 0.1) is 5.92 Å². The van der Waals surface area contributed by atoms with Crippen LogP contribution in [0.4, 0.5) is 0 Å². The van der Waals surface area contributed by atoms with E-state index < -0.39 is 11.9 Å². The Hall–Kier alpha value is -1.59. The Bertz CT molecular complexity index is 461. The van der Waals surface area contributed by atoms with Crippen molar-refractivity contribution in [1.29, 1.82) is 0 Å². The van der Waals surface area contributed by atoms with Crippen LogP contribution in [0.5, 0.6) is 0 Å².